The predicted octanol–water partition coefficient (Wildman–Crippen LogP) is 4.56. The van der Waals surface area contributed by atoms with Crippen molar-refractivity contribution in [2.75, 3.05) is 0 Å². The Morgan fingerprint density at radius 1 is 1.19 bits per heavy atom. The van der Waals surface area contributed by atoms with Gasteiger partial charge in [0.25, 0.3) is 0 Å². The monoisotopic (exact) mass is 299 g/mol. The number of hydrogen-bond acceptors (Lipinski definition) is 2. The molecule has 0 fully saturated rings. The third-order valence-electron chi connectivity index (χ3n) is 3.37. The summed E-state index contributed by atoms with van der Waals surface area (Å²) in [4.78, 5) is 4.58. The molecular weight excluding hydrogens is 282 g/mol. The first-order chi connectivity index (χ1) is 10.0. The summed E-state index contributed by atoms with van der Waals surface area (Å²) in [7, 11) is 0. The second kappa shape index (κ2) is 5.49. The van der Waals surface area contributed by atoms with E-state index in [9.17, 15) is 0 Å². The van der Waals surface area contributed by atoms with Gasteiger partial charge in [0.15, 0.2) is 5.65 Å². The van der Waals surface area contributed by atoms with E-state index in [0.29, 0.717) is 5.92 Å². The van der Waals surface area contributed by atoms with Crippen molar-refractivity contribution in [1.82, 2.24) is 14.6 Å². The van der Waals surface area contributed by atoms with Crippen LogP contribution in [-0.2, 0) is 6.42 Å². The van der Waals surface area contributed by atoms with Gasteiger partial charge in [-0.25, -0.2) is 9.50 Å². The molecule has 4 heteroatoms. The van der Waals surface area contributed by atoms with Crippen molar-refractivity contribution in [2.45, 2.75) is 27.2 Å². The number of nitrogens with zero attached hydrogens (tertiary/aromatic N) is 3. The lowest BCUT2D eigenvalue weighted by Gasteiger charge is -2.08. The van der Waals surface area contributed by atoms with Crippen LogP contribution in [0.4, 0.5) is 0 Å². The first-order valence-electron chi connectivity index (χ1n) is 7.15. The average molecular weight is 300 g/mol. The van der Waals surface area contributed by atoms with Gasteiger partial charge in [0.2, 0.25) is 0 Å². The van der Waals surface area contributed by atoms with Crippen molar-refractivity contribution >= 4 is 17.2 Å². The molecule has 0 radical (unpaired) electrons. The number of aryl methyl sites for hydroxylation is 1. The number of rotatable bonds is 3. The molecule has 0 amide bonds. The van der Waals surface area contributed by atoms with Gasteiger partial charge in [-0.05, 0) is 37.5 Å². The molecule has 3 aromatic rings. The Balaban J connectivity index is 2.15. The Bertz CT molecular complexity index is 790. The average Bonchev–Trinajstić information content (AvgIpc) is 2.82. The van der Waals surface area contributed by atoms with Crippen molar-refractivity contribution in [1.29, 1.82) is 0 Å². The third-order valence-corrected chi connectivity index (χ3v) is 3.60. The summed E-state index contributed by atoms with van der Waals surface area (Å²) < 4.78 is 1.95. The van der Waals surface area contributed by atoms with Gasteiger partial charge in [-0.1, -0.05) is 37.6 Å². The minimum absolute atomic E-state index is 0.578. The maximum atomic E-state index is 6.07. The van der Waals surface area contributed by atoms with Crippen molar-refractivity contribution in [2.24, 2.45) is 5.92 Å². The summed E-state index contributed by atoms with van der Waals surface area (Å²) in [6.45, 7) is 6.45. The Morgan fingerprint density at radius 3 is 2.71 bits per heavy atom. The van der Waals surface area contributed by atoms with Crippen LogP contribution in [0.15, 0.2) is 36.4 Å². The first kappa shape index (κ1) is 14.1. The van der Waals surface area contributed by atoms with E-state index in [-0.39, 0.29) is 0 Å². The van der Waals surface area contributed by atoms with Crippen LogP contribution in [0.25, 0.3) is 16.9 Å². The topological polar surface area (TPSA) is 30.2 Å². The van der Waals surface area contributed by atoms with Crippen LogP contribution in [0.1, 0.15) is 25.2 Å². The molecule has 0 unspecified atom stereocenters. The van der Waals surface area contributed by atoms with E-state index in [4.69, 9.17) is 16.7 Å². The Kier molecular flexibility index (Phi) is 3.68. The smallest absolute Gasteiger partial charge is 0.156 e. The van der Waals surface area contributed by atoms with Gasteiger partial charge < -0.3 is 0 Å². The van der Waals surface area contributed by atoms with Gasteiger partial charge in [0.05, 0.1) is 5.69 Å². The fraction of sp³-hybridized carbons (Fsp3) is 0.294. The van der Waals surface area contributed by atoms with Crippen LogP contribution >= 0.6 is 11.6 Å². The molecule has 21 heavy (non-hydrogen) atoms. The number of benzene rings is 1. The first-order valence-corrected chi connectivity index (χ1v) is 7.53. The van der Waals surface area contributed by atoms with Crippen molar-refractivity contribution in [3.05, 3.63) is 52.8 Å². The summed E-state index contributed by atoms with van der Waals surface area (Å²) in [5.41, 5.74) is 5.03. The van der Waals surface area contributed by atoms with Gasteiger partial charge in [0.1, 0.15) is 0 Å². The van der Waals surface area contributed by atoms with Crippen LogP contribution in [0, 0.1) is 12.8 Å². The van der Waals surface area contributed by atoms with Crippen LogP contribution in [-0.4, -0.2) is 14.6 Å². The second-order valence-corrected chi connectivity index (χ2v) is 6.23. The van der Waals surface area contributed by atoms with Crippen LogP contribution < -0.4 is 0 Å². The molecule has 0 atom stereocenters. The summed E-state index contributed by atoms with van der Waals surface area (Å²) >= 11 is 6.07. The SMILES string of the molecule is Cc1cc(CC(C)C)n2nc(-c3cccc(Cl)c3)cc2n1. The molecule has 1 aromatic carbocycles. The van der Waals surface area contributed by atoms with E-state index in [1.54, 1.807) is 0 Å². The van der Waals surface area contributed by atoms with E-state index < -0.39 is 0 Å². The molecule has 3 nitrogen and oxygen atoms in total. The minimum atomic E-state index is 0.578. The molecule has 0 saturated heterocycles. The Labute approximate surface area is 129 Å². The van der Waals surface area contributed by atoms with Gasteiger partial charge in [-0.2, -0.15) is 5.10 Å². The highest BCUT2D eigenvalue weighted by molar-refractivity contribution is 6.30. The zero-order valence-electron chi connectivity index (χ0n) is 12.5. The number of aromatic nitrogens is 3. The van der Waals surface area contributed by atoms with E-state index in [1.807, 2.05) is 41.8 Å². The third kappa shape index (κ3) is 2.93. The maximum absolute atomic E-state index is 6.07. The van der Waals surface area contributed by atoms with Gasteiger partial charge in [0, 0.05) is 28.0 Å². The summed E-state index contributed by atoms with van der Waals surface area (Å²) in [5.74, 6) is 0.578. The highest BCUT2D eigenvalue weighted by Gasteiger charge is 2.11. The van der Waals surface area contributed by atoms with Crippen LogP contribution in [0.5, 0.6) is 0 Å². The molecule has 0 saturated carbocycles. The normalized spacial score (nSPS) is 11.5. The van der Waals surface area contributed by atoms with E-state index in [2.05, 4.69) is 24.9 Å². The molecule has 108 valence electrons. The maximum Gasteiger partial charge on any atom is 0.156 e. The lowest BCUT2D eigenvalue weighted by atomic mass is 10.1. The van der Waals surface area contributed by atoms with Crippen molar-refractivity contribution < 1.29 is 0 Å². The fourth-order valence-electron chi connectivity index (χ4n) is 2.53. The Morgan fingerprint density at radius 2 is 2.00 bits per heavy atom. The number of fused-ring (bicyclic) bond motifs is 1. The number of hydrogen-bond donors (Lipinski definition) is 0. The molecule has 0 aliphatic heterocycles. The summed E-state index contributed by atoms with van der Waals surface area (Å²) in [6, 6.07) is 11.9. The lowest BCUT2D eigenvalue weighted by Crippen LogP contribution is -2.05. The quantitative estimate of drug-likeness (QED) is 0.710. The molecule has 0 aliphatic carbocycles. The zero-order chi connectivity index (χ0) is 15.0. The largest absolute Gasteiger partial charge is 0.234 e. The standard InChI is InChI=1S/C17H18ClN3/c1-11(2)7-15-8-12(3)19-17-10-16(20-21(15)17)13-5-4-6-14(18)9-13/h4-6,8-11H,7H2,1-3H3. The van der Waals surface area contributed by atoms with Crippen molar-refractivity contribution in [3.8, 4) is 11.3 Å². The fourth-order valence-corrected chi connectivity index (χ4v) is 2.72. The zero-order valence-corrected chi connectivity index (χ0v) is 13.2. The molecule has 0 N–H and O–H groups in total. The Hall–Kier alpha value is -1.87. The number of halogens is 1. The second-order valence-electron chi connectivity index (χ2n) is 5.80. The van der Waals surface area contributed by atoms with Crippen LogP contribution in [0.3, 0.4) is 0 Å². The molecule has 0 aliphatic rings. The summed E-state index contributed by atoms with van der Waals surface area (Å²) in [6.07, 6.45) is 0.983. The van der Waals surface area contributed by atoms with E-state index >= 15 is 0 Å². The van der Waals surface area contributed by atoms with Gasteiger partial charge in [-0.3, -0.25) is 0 Å². The van der Waals surface area contributed by atoms with Gasteiger partial charge in [-0.15, -0.1) is 0 Å². The highest BCUT2D eigenvalue weighted by Crippen LogP contribution is 2.23. The van der Waals surface area contributed by atoms with E-state index in [1.165, 1.54) is 5.69 Å². The summed E-state index contributed by atoms with van der Waals surface area (Å²) in [5, 5.41) is 5.43. The molecule has 0 spiro atoms. The highest BCUT2D eigenvalue weighted by atomic mass is 35.5. The van der Waals surface area contributed by atoms with E-state index in [0.717, 1.165) is 34.0 Å². The van der Waals surface area contributed by atoms with Crippen molar-refractivity contribution in [3.63, 3.8) is 0 Å². The molecular formula is C17H18ClN3. The molecule has 3 rings (SSSR count). The predicted molar refractivity (Wildman–Crippen MR) is 86.7 cm³/mol. The lowest BCUT2D eigenvalue weighted by molar-refractivity contribution is 0.618. The minimum Gasteiger partial charge on any atom is -0.234 e. The molecule has 2 heterocycles. The molecule has 0 bridgehead atoms. The van der Waals surface area contributed by atoms with Gasteiger partial charge >= 0.3 is 0 Å². The van der Waals surface area contributed by atoms with Crippen LogP contribution in [0.2, 0.25) is 5.02 Å². The molecule has 2 aromatic heterocycles.